The average molecular weight is 367 g/mol. The van der Waals surface area contributed by atoms with Gasteiger partial charge in [0.25, 0.3) is 0 Å². The average Bonchev–Trinajstić information content (AvgIpc) is 2.35. The lowest BCUT2D eigenvalue weighted by Gasteiger charge is -2.52. The summed E-state index contributed by atoms with van der Waals surface area (Å²) in [6.45, 7) is 0.991. The number of rotatable bonds is 3. The third-order valence-corrected chi connectivity index (χ3v) is 3.59. The lowest BCUT2D eigenvalue weighted by atomic mass is 9.78. The highest BCUT2D eigenvalue weighted by atomic mass is 28.1. The van der Waals surface area contributed by atoms with Gasteiger partial charge in [0.15, 0.2) is 0 Å². The summed E-state index contributed by atoms with van der Waals surface area (Å²) in [5, 5.41) is 0. The van der Waals surface area contributed by atoms with Gasteiger partial charge in [-0.3, -0.25) is 0 Å². The number of hydrogen-bond acceptors (Lipinski definition) is 1. The first-order valence-electron chi connectivity index (χ1n) is 5.42. The van der Waals surface area contributed by atoms with Gasteiger partial charge in [-0.1, -0.05) is 6.92 Å². The molecule has 13 heteroatoms. The van der Waals surface area contributed by atoms with E-state index in [9.17, 15) is 48.3 Å². The minimum Gasteiger partial charge on any atom is -0.337 e. The third kappa shape index (κ3) is 1.80. The van der Waals surface area contributed by atoms with E-state index in [0.717, 1.165) is 6.92 Å². The summed E-state index contributed by atoms with van der Waals surface area (Å²) in [5.41, 5.74) is -2.15. The summed E-state index contributed by atoms with van der Waals surface area (Å²) in [4.78, 5) is 0. The van der Waals surface area contributed by atoms with E-state index in [4.69, 9.17) is 0 Å². The molecule has 1 unspecified atom stereocenters. The smallest absolute Gasteiger partial charge is 0.337 e. The SMILES string of the molecule is CCC([Si])OC1(F)C(F)(F)C(F)(F)C(F)(F)C(F)(F)C1(F)F. The van der Waals surface area contributed by atoms with Crippen molar-refractivity contribution in [2.45, 2.75) is 54.5 Å². The maximum atomic E-state index is 13.9. The molecule has 0 spiro atoms. The molecular weight excluding hydrogens is 361 g/mol. The zero-order valence-electron chi connectivity index (χ0n) is 10.4. The second kappa shape index (κ2) is 4.71. The van der Waals surface area contributed by atoms with Crippen molar-refractivity contribution >= 4 is 10.2 Å². The molecule has 0 aromatic rings. The molecule has 0 amide bonds. The maximum absolute atomic E-state index is 13.9. The van der Waals surface area contributed by atoms with E-state index in [-0.39, 0.29) is 0 Å². The molecule has 22 heavy (non-hydrogen) atoms. The highest BCUT2D eigenvalue weighted by Gasteiger charge is 3.02. The highest BCUT2D eigenvalue weighted by molar-refractivity contribution is 6.10. The van der Waals surface area contributed by atoms with Crippen molar-refractivity contribution in [3.05, 3.63) is 0 Å². The Bertz CT molecular complexity index is 419. The molecule has 129 valence electrons. The predicted octanol–water partition coefficient (Wildman–Crippen LogP) is 3.76. The summed E-state index contributed by atoms with van der Waals surface area (Å²) in [5.74, 6) is -41.8. The molecule has 1 nitrogen and oxygen atoms in total. The molecule has 3 radical (unpaired) electrons. The van der Waals surface area contributed by atoms with Crippen LogP contribution >= 0.6 is 0 Å². The summed E-state index contributed by atoms with van der Waals surface area (Å²) in [6, 6.07) is 0. The minimum atomic E-state index is -7.22. The lowest BCUT2D eigenvalue weighted by molar-refractivity contribution is -0.526. The van der Waals surface area contributed by atoms with Crippen LogP contribution in [0.2, 0.25) is 0 Å². The Hall–Kier alpha value is -0.593. The van der Waals surface area contributed by atoms with E-state index < -0.39 is 47.6 Å². The summed E-state index contributed by atoms with van der Waals surface area (Å²) in [7, 11) is 2.20. The van der Waals surface area contributed by atoms with Gasteiger partial charge in [-0.15, -0.1) is 0 Å². The van der Waals surface area contributed by atoms with Gasteiger partial charge in [-0.2, -0.15) is 48.3 Å². The molecule has 0 aromatic carbocycles. The molecule has 1 aliphatic carbocycles. The molecule has 1 fully saturated rings. The van der Waals surface area contributed by atoms with Crippen LogP contribution in [0.25, 0.3) is 0 Å². The Kier molecular flexibility index (Phi) is 4.16. The molecule has 0 N–H and O–H groups in total. The molecule has 1 aliphatic rings. The second-order valence-electron chi connectivity index (χ2n) is 4.48. The van der Waals surface area contributed by atoms with Crippen molar-refractivity contribution in [2.75, 3.05) is 0 Å². The van der Waals surface area contributed by atoms with Crippen LogP contribution in [-0.4, -0.2) is 51.4 Å². The van der Waals surface area contributed by atoms with E-state index in [1.165, 1.54) is 0 Å². The molecule has 0 saturated heterocycles. The van der Waals surface area contributed by atoms with Crippen molar-refractivity contribution in [3.8, 4) is 0 Å². The number of alkyl halides is 11. The van der Waals surface area contributed by atoms with E-state index in [0.29, 0.717) is 0 Å². The zero-order valence-corrected chi connectivity index (χ0v) is 11.4. The molecule has 0 aliphatic heterocycles. The summed E-state index contributed by atoms with van der Waals surface area (Å²) in [6.07, 6.45) is -0.609. The quantitative estimate of drug-likeness (QED) is 0.545. The van der Waals surface area contributed by atoms with Crippen LogP contribution in [0, 0.1) is 0 Å². The normalized spacial score (nSPS) is 31.5. The van der Waals surface area contributed by atoms with Gasteiger partial charge in [-0.05, 0) is 6.42 Å². The Morgan fingerprint density at radius 3 is 1.23 bits per heavy atom. The van der Waals surface area contributed by atoms with Gasteiger partial charge in [0.05, 0.1) is 10.2 Å². The predicted molar refractivity (Wildman–Crippen MR) is 49.5 cm³/mol. The van der Waals surface area contributed by atoms with Crippen molar-refractivity contribution in [1.82, 2.24) is 0 Å². The number of hydrogen-bond donors (Lipinski definition) is 0. The van der Waals surface area contributed by atoms with Gasteiger partial charge in [0.1, 0.15) is 0 Å². The standard InChI is InChI=1S/C9H6F11OSi/c1-2-3(22)21-9(20)7(16,17)5(12,13)4(10,11)6(14,15)8(9,18)19/h3H,2H2,1H3. The molecule has 0 heterocycles. The minimum absolute atomic E-state index is 0.609. The van der Waals surface area contributed by atoms with E-state index in [1.807, 2.05) is 0 Å². The first-order chi connectivity index (χ1) is 9.45. The maximum Gasteiger partial charge on any atom is 0.384 e. The Morgan fingerprint density at radius 1 is 0.682 bits per heavy atom. The fourth-order valence-corrected chi connectivity index (χ4v) is 1.78. The van der Waals surface area contributed by atoms with Crippen LogP contribution in [0.5, 0.6) is 0 Å². The van der Waals surface area contributed by atoms with Crippen molar-refractivity contribution in [1.29, 1.82) is 0 Å². The van der Waals surface area contributed by atoms with Gasteiger partial charge < -0.3 is 4.74 Å². The number of halogens is 11. The molecular formula is C9H6F11OSi. The van der Waals surface area contributed by atoms with Gasteiger partial charge in [0, 0.05) is 5.73 Å². The summed E-state index contributed by atoms with van der Waals surface area (Å²) < 4.78 is 148. The molecule has 1 saturated carbocycles. The zero-order chi connectivity index (χ0) is 18.0. The Morgan fingerprint density at radius 2 is 0.955 bits per heavy atom. The topological polar surface area (TPSA) is 9.23 Å². The molecule has 0 bridgehead atoms. The van der Waals surface area contributed by atoms with E-state index >= 15 is 0 Å². The first-order valence-corrected chi connectivity index (χ1v) is 6.00. The van der Waals surface area contributed by atoms with Crippen LogP contribution in [0.1, 0.15) is 13.3 Å². The van der Waals surface area contributed by atoms with Crippen molar-refractivity contribution < 1.29 is 53.0 Å². The summed E-state index contributed by atoms with van der Waals surface area (Å²) >= 11 is 0. The largest absolute Gasteiger partial charge is 0.384 e. The Balaban J connectivity index is 3.69. The van der Waals surface area contributed by atoms with Gasteiger partial charge in [-0.25, -0.2) is 0 Å². The molecule has 0 aromatic heterocycles. The monoisotopic (exact) mass is 367 g/mol. The van der Waals surface area contributed by atoms with Crippen molar-refractivity contribution in [2.24, 2.45) is 0 Å². The highest BCUT2D eigenvalue weighted by Crippen LogP contribution is 2.69. The lowest BCUT2D eigenvalue weighted by Crippen LogP contribution is -2.84. The second-order valence-corrected chi connectivity index (χ2v) is 5.13. The third-order valence-electron chi connectivity index (χ3n) is 3.06. The van der Waals surface area contributed by atoms with E-state index in [2.05, 4.69) is 15.0 Å². The van der Waals surface area contributed by atoms with Crippen LogP contribution < -0.4 is 0 Å². The van der Waals surface area contributed by atoms with Crippen LogP contribution in [-0.2, 0) is 4.74 Å². The van der Waals surface area contributed by atoms with Crippen LogP contribution in [0.3, 0.4) is 0 Å². The first kappa shape index (κ1) is 19.5. The fraction of sp³-hybridized carbons (Fsp3) is 1.00. The van der Waals surface area contributed by atoms with Crippen LogP contribution in [0.15, 0.2) is 0 Å². The molecule has 1 atom stereocenters. The van der Waals surface area contributed by atoms with Crippen LogP contribution in [0.4, 0.5) is 48.3 Å². The Labute approximate surface area is 119 Å². The van der Waals surface area contributed by atoms with Crippen molar-refractivity contribution in [3.63, 3.8) is 0 Å². The van der Waals surface area contributed by atoms with Gasteiger partial charge in [0.2, 0.25) is 0 Å². The van der Waals surface area contributed by atoms with E-state index in [1.54, 1.807) is 0 Å². The fourth-order valence-electron chi connectivity index (χ4n) is 1.62. The van der Waals surface area contributed by atoms with Gasteiger partial charge >= 0.3 is 35.5 Å². The number of ether oxygens (including phenoxy) is 1. The molecule has 1 rings (SSSR count).